The fourth-order valence-electron chi connectivity index (χ4n) is 2.39. The Morgan fingerprint density at radius 3 is 2.58 bits per heavy atom. The van der Waals surface area contributed by atoms with Crippen molar-refractivity contribution in [1.82, 2.24) is 14.9 Å². The molecule has 0 spiro atoms. The normalized spacial score (nSPS) is 20.9. The first-order valence-electron chi connectivity index (χ1n) is 8.24. The van der Waals surface area contributed by atoms with E-state index in [9.17, 15) is 15.0 Å². The number of aliphatic hydroxyl groups is 2. The summed E-state index contributed by atoms with van der Waals surface area (Å²) in [6, 6.07) is -0.395. The number of aliphatic hydroxyl groups excluding tert-OH is 2. The van der Waals surface area contributed by atoms with Crippen LogP contribution < -0.4 is 5.32 Å². The molecule has 0 aromatic carbocycles. The number of anilines is 1. The molecule has 2 aromatic rings. The van der Waals surface area contributed by atoms with Crippen LogP contribution in [-0.4, -0.2) is 56.4 Å². The van der Waals surface area contributed by atoms with Crippen LogP contribution in [0.2, 0.25) is 0 Å². The summed E-state index contributed by atoms with van der Waals surface area (Å²) in [5.74, 6) is 1.32. The van der Waals surface area contributed by atoms with Crippen molar-refractivity contribution in [3.63, 3.8) is 0 Å². The van der Waals surface area contributed by atoms with E-state index in [-0.39, 0.29) is 18.5 Å². The van der Waals surface area contributed by atoms with Gasteiger partial charge in [0.15, 0.2) is 5.13 Å². The van der Waals surface area contributed by atoms with Gasteiger partial charge in [0, 0.05) is 22.6 Å². The molecule has 3 N–H and O–H groups in total. The number of aromatic nitrogens is 2. The Balaban J connectivity index is 1.59. The molecule has 140 valence electrons. The topological polar surface area (TPSA) is 112 Å². The highest BCUT2D eigenvalue weighted by Gasteiger charge is 2.32. The van der Waals surface area contributed by atoms with Gasteiger partial charge in [-0.15, -0.1) is 0 Å². The quantitative estimate of drug-likeness (QED) is 0.755. The van der Waals surface area contributed by atoms with E-state index >= 15 is 0 Å². The van der Waals surface area contributed by atoms with Gasteiger partial charge in [0.05, 0.1) is 31.5 Å². The summed E-state index contributed by atoms with van der Waals surface area (Å²) in [7, 11) is 0. The molecule has 8 nitrogen and oxygen atoms in total. The molecule has 1 aliphatic rings. The fraction of sp³-hybridized carbons (Fsp3) is 0.471. The summed E-state index contributed by atoms with van der Waals surface area (Å²) >= 11 is 1.30. The third-order valence-electron chi connectivity index (χ3n) is 3.94. The van der Waals surface area contributed by atoms with Crippen molar-refractivity contribution in [3.05, 3.63) is 28.9 Å². The van der Waals surface area contributed by atoms with Crippen molar-refractivity contribution < 1.29 is 19.4 Å². The Morgan fingerprint density at radius 1 is 1.27 bits per heavy atom. The smallest absolute Gasteiger partial charge is 0.323 e. The third-order valence-corrected chi connectivity index (χ3v) is 4.81. The standard InChI is InChI=1S/C17H22N4O4S/c1-17(2,3)13-7-18-14(25-13)5-4-10-6-19-15(26-10)20-16(24)21-8-11(22)12(23)9-21/h4-7,11-12,22-23H,8-9H2,1-3H3,(H,19,20,24)/b5-4+/t11-,12-/m1/s1. The summed E-state index contributed by atoms with van der Waals surface area (Å²) in [5.41, 5.74) is -0.0994. The number of carbonyl (C=O) groups excluding carboxylic acids is 1. The predicted molar refractivity (Wildman–Crippen MR) is 98.9 cm³/mol. The molecule has 2 amide bonds. The number of hydrogen-bond acceptors (Lipinski definition) is 7. The molecule has 0 radical (unpaired) electrons. The molecule has 9 heteroatoms. The molecule has 1 fully saturated rings. The van der Waals surface area contributed by atoms with Gasteiger partial charge in [0.25, 0.3) is 0 Å². The predicted octanol–water partition coefficient (Wildman–Crippen LogP) is 2.17. The van der Waals surface area contributed by atoms with Crippen molar-refractivity contribution in [1.29, 1.82) is 0 Å². The molecule has 26 heavy (non-hydrogen) atoms. The van der Waals surface area contributed by atoms with E-state index in [1.807, 2.05) is 6.08 Å². The molecule has 1 aliphatic heterocycles. The van der Waals surface area contributed by atoms with Crippen LogP contribution in [0, 0.1) is 0 Å². The summed E-state index contributed by atoms with van der Waals surface area (Å²) in [6.07, 6.45) is 5.11. The summed E-state index contributed by atoms with van der Waals surface area (Å²) in [5, 5.41) is 22.1. The Labute approximate surface area is 155 Å². The van der Waals surface area contributed by atoms with Gasteiger partial charge >= 0.3 is 6.03 Å². The lowest BCUT2D eigenvalue weighted by Crippen LogP contribution is -2.33. The van der Waals surface area contributed by atoms with Crippen LogP contribution in [0.1, 0.15) is 37.3 Å². The number of amides is 2. The van der Waals surface area contributed by atoms with Gasteiger partial charge in [-0.3, -0.25) is 5.32 Å². The number of likely N-dealkylation sites (tertiary alicyclic amines) is 1. The minimum absolute atomic E-state index is 0.0994. The molecule has 1 saturated heterocycles. The monoisotopic (exact) mass is 378 g/mol. The average molecular weight is 378 g/mol. The van der Waals surface area contributed by atoms with Crippen LogP contribution in [0.25, 0.3) is 12.2 Å². The number of nitrogens with zero attached hydrogens (tertiary/aromatic N) is 3. The van der Waals surface area contributed by atoms with Gasteiger partial charge in [0.1, 0.15) is 5.76 Å². The highest BCUT2D eigenvalue weighted by atomic mass is 32.1. The molecular formula is C17H22N4O4S. The van der Waals surface area contributed by atoms with Gasteiger partial charge in [-0.2, -0.15) is 0 Å². The maximum absolute atomic E-state index is 12.1. The van der Waals surface area contributed by atoms with E-state index in [1.54, 1.807) is 18.5 Å². The van der Waals surface area contributed by atoms with Crippen LogP contribution in [0.15, 0.2) is 16.8 Å². The first-order valence-corrected chi connectivity index (χ1v) is 9.06. The Morgan fingerprint density at radius 2 is 1.96 bits per heavy atom. The van der Waals surface area contributed by atoms with E-state index in [2.05, 4.69) is 36.1 Å². The first kappa shape index (κ1) is 18.6. The van der Waals surface area contributed by atoms with Crippen LogP contribution >= 0.6 is 11.3 Å². The zero-order valence-corrected chi connectivity index (χ0v) is 15.7. The van der Waals surface area contributed by atoms with E-state index in [0.717, 1.165) is 10.6 Å². The molecule has 0 bridgehead atoms. The second-order valence-electron chi connectivity index (χ2n) is 7.18. The van der Waals surface area contributed by atoms with Crippen molar-refractivity contribution in [2.75, 3.05) is 18.4 Å². The fourth-order valence-corrected chi connectivity index (χ4v) is 3.10. The number of urea groups is 1. The number of thiazole rings is 1. The zero-order chi connectivity index (χ0) is 18.9. The van der Waals surface area contributed by atoms with Crippen molar-refractivity contribution >= 4 is 34.7 Å². The minimum atomic E-state index is -0.908. The first-order chi connectivity index (χ1) is 12.2. The minimum Gasteiger partial charge on any atom is -0.441 e. The van der Waals surface area contributed by atoms with E-state index in [0.29, 0.717) is 11.0 Å². The lowest BCUT2D eigenvalue weighted by Gasteiger charge is -2.14. The van der Waals surface area contributed by atoms with Crippen molar-refractivity contribution in [2.45, 2.75) is 38.4 Å². The molecule has 0 saturated carbocycles. The number of rotatable bonds is 3. The highest BCUT2D eigenvalue weighted by Crippen LogP contribution is 2.25. The molecular weight excluding hydrogens is 356 g/mol. The lowest BCUT2D eigenvalue weighted by molar-refractivity contribution is 0.0572. The second kappa shape index (κ2) is 7.18. The summed E-state index contributed by atoms with van der Waals surface area (Å²) in [4.78, 5) is 22.7. The maximum atomic E-state index is 12.1. The average Bonchev–Trinajstić information content (AvgIpc) is 3.26. The van der Waals surface area contributed by atoms with Crippen molar-refractivity contribution in [3.8, 4) is 0 Å². The molecule has 2 aromatic heterocycles. The Hall–Kier alpha value is -2.23. The van der Waals surface area contributed by atoms with Gasteiger partial charge in [-0.25, -0.2) is 14.8 Å². The van der Waals surface area contributed by atoms with Gasteiger partial charge in [0.2, 0.25) is 5.89 Å². The van der Waals surface area contributed by atoms with E-state index in [4.69, 9.17) is 4.42 Å². The Kier molecular flexibility index (Phi) is 5.12. The lowest BCUT2D eigenvalue weighted by atomic mass is 9.94. The zero-order valence-electron chi connectivity index (χ0n) is 14.8. The highest BCUT2D eigenvalue weighted by molar-refractivity contribution is 7.16. The van der Waals surface area contributed by atoms with E-state index in [1.165, 1.54) is 16.2 Å². The number of hydrogen-bond donors (Lipinski definition) is 3. The number of nitrogens with one attached hydrogen (secondary N) is 1. The Bertz CT molecular complexity index is 798. The summed E-state index contributed by atoms with van der Waals surface area (Å²) < 4.78 is 5.69. The van der Waals surface area contributed by atoms with Crippen molar-refractivity contribution in [2.24, 2.45) is 0 Å². The maximum Gasteiger partial charge on any atom is 0.323 e. The number of carbonyl (C=O) groups is 1. The van der Waals surface area contributed by atoms with Gasteiger partial charge < -0.3 is 19.5 Å². The number of β-amino-alcohol motifs (C(OH)–C–C–N with tert-alkyl or cyclic N) is 2. The van der Waals surface area contributed by atoms with Gasteiger partial charge in [-0.1, -0.05) is 32.1 Å². The van der Waals surface area contributed by atoms with E-state index < -0.39 is 18.2 Å². The molecule has 0 aliphatic carbocycles. The number of oxazole rings is 1. The second-order valence-corrected chi connectivity index (χ2v) is 8.25. The summed E-state index contributed by atoms with van der Waals surface area (Å²) in [6.45, 7) is 6.36. The molecule has 3 rings (SSSR count). The third kappa shape index (κ3) is 4.29. The largest absolute Gasteiger partial charge is 0.441 e. The van der Waals surface area contributed by atoms with Crippen LogP contribution in [0.4, 0.5) is 9.93 Å². The SMILES string of the molecule is CC(C)(C)c1cnc(/C=C/c2cnc(NC(=O)N3C[C@@H](O)[C@H](O)C3)s2)o1. The van der Waals surface area contributed by atoms with Crippen LogP contribution in [0.5, 0.6) is 0 Å². The van der Waals surface area contributed by atoms with Crippen LogP contribution in [-0.2, 0) is 5.41 Å². The molecule has 0 unspecified atom stereocenters. The molecule has 3 heterocycles. The van der Waals surface area contributed by atoms with Gasteiger partial charge in [-0.05, 0) is 6.08 Å². The van der Waals surface area contributed by atoms with Crippen LogP contribution in [0.3, 0.4) is 0 Å². The molecule has 2 atom stereocenters.